The lowest BCUT2D eigenvalue weighted by atomic mass is 10.0. The van der Waals surface area contributed by atoms with Crippen molar-refractivity contribution in [3.63, 3.8) is 0 Å². The van der Waals surface area contributed by atoms with E-state index in [-0.39, 0.29) is 6.10 Å². The Morgan fingerprint density at radius 2 is 2.11 bits per heavy atom. The number of hydrogen-bond acceptors (Lipinski definition) is 5. The molecule has 2 N–H and O–H groups in total. The summed E-state index contributed by atoms with van der Waals surface area (Å²) in [5.74, 6) is 0.994. The van der Waals surface area contributed by atoms with Crippen LogP contribution in [-0.4, -0.2) is 17.3 Å². The average molecular weight is 261 g/mol. The summed E-state index contributed by atoms with van der Waals surface area (Å²) in [6.07, 6.45) is 0.641. The van der Waals surface area contributed by atoms with E-state index in [1.54, 1.807) is 7.11 Å². The molecule has 19 heavy (non-hydrogen) atoms. The standard InChI is InChI=1S/C14H19N3O2/c1-5-11(18-4)13-16-14(19-17-13)10-7-8(2)6-9(3)12(10)15/h6-7,11H,5,15H2,1-4H3. The van der Waals surface area contributed by atoms with Crippen LogP contribution >= 0.6 is 0 Å². The highest BCUT2D eigenvalue weighted by Gasteiger charge is 2.18. The normalized spacial score (nSPS) is 12.6. The highest BCUT2D eigenvalue weighted by atomic mass is 16.5. The maximum absolute atomic E-state index is 6.07. The molecule has 1 atom stereocenters. The van der Waals surface area contributed by atoms with Crippen molar-refractivity contribution < 1.29 is 9.26 Å². The molecular weight excluding hydrogens is 242 g/mol. The predicted octanol–water partition coefficient (Wildman–Crippen LogP) is 3.03. The first kappa shape index (κ1) is 13.5. The third kappa shape index (κ3) is 2.61. The largest absolute Gasteiger partial charge is 0.398 e. The Bertz CT molecular complexity index is 574. The summed E-state index contributed by atoms with van der Waals surface area (Å²) < 4.78 is 10.6. The predicted molar refractivity (Wildman–Crippen MR) is 73.7 cm³/mol. The van der Waals surface area contributed by atoms with Crippen LogP contribution in [0.2, 0.25) is 0 Å². The summed E-state index contributed by atoms with van der Waals surface area (Å²) >= 11 is 0. The maximum atomic E-state index is 6.07. The van der Waals surface area contributed by atoms with E-state index in [2.05, 4.69) is 10.1 Å². The zero-order valence-corrected chi connectivity index (χ0v) is 11.7. The zero-order chi connectivity index (χ0) is 14.0. The van der Waals surface area contributed by atoms with Crippen molar-refractivity contribution in [1.29, 1.82) is 0 Å². The van der Waals surface area contributed by atoms with E-state index < -0.39 is 0 Å². The number of benzene rings is 1. The van der Waals surface area contributed by atoms with Crippen LogP contribution in [0.25, 0.3) is 11.5 Å². The molecule has 0 saturated carbocycles. The number of nitrogens with two attached hydrogens (primary N) is 1. The van der Waals surface area contributed by atoms with Crippen molar-refractivity contribution in [3.8, 4) is 11.5 Å². The molecule has 5 nitrogen and oxygen atoms in total. The second-order valence-corrected chi connectivity index (χ2v) is 4.63. The number of anilines is 1. The summed E-state index contributed by atoms with van der Waals surface area (Å²) in [6, 6.07) is 3.98. The van der Waals surface area contributed by atoms with Gasteiger partial charge in [0.2, 0.25) is 5.82 Å². The number of hydrogen-bond donors (Lipinski definition) is 1. The van der Waals surface area contributed by atoms with Crippen LogP contribution in [0.15, 0.2) is 16.7 Å². The molecule has 102 valence electrons. The SMILES string of the molecule is CCC(OC)c1noc(-c2cc(C)cc(C)c2N)n1. The molecule has 1 aromatic carbocycles. The summed E-state index contributed by atoms with van der Waals surface area (Å²) in [5, 5.41) is 3.97. The van der Waals surface area contributed by atoms with Crippen LogP contribution in [0.1, 0.15) is 36.4 Å². The molecule has 0 bridgehead atoms. The van der Waals surface area contributed by atoms with Crippen LogP contribution < -0.4 is 5.73 Å². The smallest absolute Gasteiger partial charge is 0.260 e. The first-order chi connectivity index (χ1) is 9.06. The van der Waals surface area contributed by atoms with Crippen molar-refractivity contribution in [3.05, 3.63) is 29.1 Å². The average Bonchev–Trinajstić information content (AvgIpc) is 2.85. The minimum Gasteiger partial charge on any atom is -0.398 e. The van der Waals surface area contributed by atoms with Gasteiger partial charge in [0.25, 0.3) is 5.89 Å². The molecule has 0 aliphatic rings. The van der Waals surface area contributed by atoms with Gasteiger partial charge in [-0.15, -0.1) is 0 Å². The quantitative estimate of drug-likeness (QED) is 0.856. The van der Waals surface area contributed by atoms with Crippen LogP contribution in [0.3, 0.4) is 0 Å². The zero-order valence-electron chi connectivity index (χ0n) is 11.7. The molecule has 0 amide bonds. The second-order valence-electron chi connectivity index (χ2n) is 4.63. The van der Waals surface area contributed by atoms with Crippen molar-refractivity contribution in [2.75, 3.05) is 12.8 Å². The Kier molecular flexibility index (Phi) is 3.85. The molecule has 1 unspecified atom stereocenters. The fraction of sp³-hybridized carbons (Fsp3) is 0.429. The maximum Gasteiger partial charge on any atom is 0.260 e. The molecule has 0 aliphatic carbocycles. The van der Waals surface area contributed by atoms with Gasteiger partial charge in [-0.1, -0.05) is 18.1 Å². The number of aryl methyl sites for hydroxylation is 2. The van der Waals surface area contributed by atoms with Crippen molar-refractivity contribution in [1.82, 2.24) is 10.1 Å². The Hall–Kier alpha value is -1.88. The lowest BCUT2D eigenvalue weighted by Gasteiger charge is -2.07. The minimum absolute atomic E-state index is 0.148. The summed E-state index contributed by atoms with van der Waals surface area (Å²) in [6.45, 7) is 5.99. The molecule has 0 saturated heterocycles. The Morgan fingerprint density at radius 3 is 2.74 bits per heavy atom. The fourth-order valence-electron chi connectivity index (χ4n) is 2.09. The molecule has 1 aromatic heterocycles. The molecule has 0 fully saturated rings. The van der Waals surface area contributed by atoms with Crippen molar-refractivity contribution >= 4 is 5.69 Å². The molecular formula is C14H19N3O2. The molecule has 2 aromatic rings. The highest BCUT2D eigenvalue weighted by Crippen LogP contribution is 2.30. The third-order valence-electron chi connectivity index (χ3n) is 3.15. The Morgan fingerprint density at radius 1 is 1.37 bits per heavy atom. The summed E-state index contributed by atoms with van der Waals surface area (Å²) in [7, 11) is 1.63. The van der Waals surface area contributed by atoms with E-state index in [4.69, 9.17) is 15.0 Å². The van der Waals surface area contributed by atoms with E-state index >= 15 is 0 Å². The summed E-state index contributed by atoms with van der Waals surface area (Å²) in [5.41, 5.74) is 9.65. The van der Waals surface area contributed by atoms with E-state index in [9.17, 15) is 0 Å². The number of nitrogens with zero attached hydrogens (tertiary/aromatic N) is 2. The van der Waals surface area contributed by atoms with Gasteiger partial charge in [0.15, 0.2) is 0 Å². The number of methoxy groups -OCH3 is 1. The van der Waals surface area contributed by atoms with Crippen molar-refractivity contribution in [2.24, 2.45) is 0 Å². The molecule has 0 radical (unpaired) electrons. The summed E-state index contributed by atoms with van der Waals surface area (Å²) in [4.78, 5) is 4.38. The third-order valence-corrected chi connectivity index (χ3v) is 3.15. The minimum atomic E-state index is -0.148. The Balaban J connectivity index is 2.43. The topological polar surface area (TPSA) is 74.2 Å². The van der Waals surface area contributed by atoms with Gasteiger partial charge in [-0.05, 0) is 37.5 Å². The van der Waals surface area contributed by atoms with Gasteiger partial charge in [-0.25, -0.2) is 0 Å². The van der Waals surface area contributed by atoms with Gasteiger partial charge >= 0.3 is 0 Å². The van der Waals surface area contributed by atoms with Gasteiger partial charge in [-0.2, -0.15) is 4.98 Å². The van der Waals surface area contributed by atoms with E-state index in [1.165, 1.54) is 0 Å². The fourth-order valence-corrected chi connectivity index (χ4v) is 2.09. The lowest BCUT2D eigenvalue weighted by Crippen LogP contribution is -2.02. The van der Waals surface area contributed by atoms with Gasteiger partial charge < -0.3 is 15.0 Å². The first-order valence-corrected chi connectivity index (χ1v) is 6.30. The second kappa shape index (κ2) is 5.40. The van der Waals surface area contributed by atoms with Crippen LogP contribution in [0.5, 0.6) is 0 Å². The van der Waals surface area contributed by atoms with Gasteiger partial charge in [0.05, 0.1) is 5.56 Å². The van der Waals surface area contributed by atoms with Crippen molar-refractivity contribution in [2.45, 2.75) is 33.3 Å². The number of nitrogen functional groups attached to an aromatic ring is 1. The van der Waals surface area contributed by atoms with Gasteiger partial charge in [0, 0.05) is 12.8 Å². The molecule has 1 heterocycles. The van der Waals surface area contributed by atoms with Crippen LogP contribution in [-0.2, 0) is 4.74 Å². The van der Waals surface area contributed by atoms with Crippen LogP contribution in [0, 0.1) is 13.8 Å². The molecule has 2 rings (SSSR count). The van der Waals surface area contributed by atoms with Gasteiger partial charge in [-0.3, -0.25) is 0 Å². The van der Waals surface area contributed by atoms with E-state index in [0.29, 0.717) is 17.4 Å². The first-order valence-electron chi connectivity index (χ1n) is 6.30. The Labute approximate surface area is 112 Å². The van der Waals surface area contributed by atoms with Crippen LogP contribution in [0.4, 0.5) is 5.69 Å². The number of aromatic nitrogens is 2. The lowest BCUT2D eigenvalue weighted by molar-refractivity contribution is 0.0903. The van der Waals surface area contributed by atoms with Gasteiger partial charge in [0.1, 0.15) is 6.10 Å². The highest BCUT2D eigenvalue weighted by molar-refractivity contribution is 5.74. The number of rotatable bonds is 4. The molecule has 5 heteroatoms. The van der Waals surface area contributed by atoms with E-state index in [1.807, 2.05) is 32.9 Å². The monoisotopic (exact) mass is 261 g/mol. The number of ether oxygens (including phenoxy) is 1. The van der Waals surface area contributed by atoms with E-state index in [0.717, 1.165) is 23.1 Å². The molecule has 0 aliphatic heterocycles. The molecule has 0 spiro atoms.